The van der Waals surface area contributed by atoms with E-state index in [2.05, 4.69) is 18.6 Å². The number of hydrogen-bond acceptors (Lipinski definition) is 4. The molecule has 1 saturated carbocycles. The molecule has 1 aliphatic carbocycles. The molecule has 0 radical (unpaired) electrons. The second-order valence-electron chi connectivity index (χ2n) is 6.79. The summed E-state index contributed by atoms with van der Waals surface area (Å²) in [4.78, 5) is 0.127. The molecule has 5 nitrogen and oxygen atoms in total. The minimum Gasteiger partial charge on any atom is -0.399 e. The highest BCUT2D eigenvalue weighted by molar-refractivity contribution is 7.89. The van der Waals surface area contributed by atoms with Crippen LogP contribution in [-0.2, 0) is 10.0 Å². The Hall–Kier alpha value is -1.11. The van der Waals surface area contributed by atoms with Crippen molar-refractivity contribution in [3.05, 3.63) is 24.3 Å². The molecule has 1 aliphatic rings. The first kappa shape index (κ1) is 16.3. The molecule has 0 aliphatic heterocycles. The predicted octanol–water partition coefficient (Wildman–Crippen LogP) is 1.88. The van der Waals surface area contributed by atoms with Crippen LogP contribution in [0.15, 0.2) is 29.2 Å². The fraction of sp³-hybridized carbons (Fsp3) is 0.600. The zero-order chi connectivity index (χ0) is 15.7. The van der Waals surface area contributed by atoms with Gasteiger partial charge in [0.15, 0.2) is 0 Å². The van der Waals surface area contributed by atoms with Gasteiger partial charge in [0.2, 0.25) is 10.0 Å². The Morgan fingerprint density at radius 2 is 1.86 bits per heavy atom. The number of benzene rings is 1. The number of nitrogens with one attached hydrogen (secondary N) is 1. The number of nitrogens with two attached hydrogens (primary N) is 1. The predicted molar refractivity (Wildman–Crippen MR) is 83.2 cm³/mol. The summed E-state index contributed by atoms with van der Waals surface area (Å²) < 4.78 is 26.9. The Morgan fingerprint density at radius 3 is 2.43 bits per heavy atom. The topological polar surface area (TPSA) is 92.4 Å². The molecule has 0 unspecified atom stereocenters. The van der Waals surface area contributed by atoms with Crippen molar-refractivity contribution in [2.24, 2.45) is 5.41 Å². The zero-order valence-corrected chi connectivity index (χ0v) is 13.4. The van der Waals surface area contributed by atoms with Gasteiger partial charge in [0, 0.05) is 12.2 Å². The monoisotopic (exact) mass is 312 g/mol. The smallest absolute Gasteiger partial charge is 0.240 e. The maximum absolute atomic E-state index is 12.2. The third-order valence-corrected chi connectivity index (χ3v) is 5.69. The minimum absolute atomic E-state index is 0.0419. The maximum Gasteiger partial charge on any atom is 0.240 e. The summed E-state index contributed by atoms with van der Waals surface area (Å²) >= 11 is 0. The number of rotatable bonds is 4. The lowest BCUT2D eigenvalue weighted by Gasteiger charge is -2.40. The molecule has 0 spiro atoms. The summed E-state index contributed by atoms with van der Waals surface area (Å²) in [6.45, 7) is 4.38. The van der Waals surface area contributed by atoms with E-state index in [-0.39, 0.29) is 16.9 Å². The normalized spacial score (nSPS) is 21.1. The van der Waals surface area contributed by atoms with Gasteiger partial charge in [0.05, 0.1) is 10.5 Å². The molecule has 118 valence electrons. The van der Waals surface area contributed by atoms with E-state index in [1.54, 1.807) is 12.1 Å². The van der Waals surface area contributed by atoms with E-state index < -0.39 is 15.6 Å². The van der Waals surface area contributed by atoms with Gasteiger partial charge in [-0.2, -0.15) is 0 Å². The molecule has 1 fully saturated rings. The Bertz CT molecular complexity index is 601. The fourth-order valence-corrected chi connectivity index (χ4v) is 3.74. The molecule has 0 atom stereocenters. The first-order chi connectivity index (χ1) is 9.62. The molecule has 6 heteroatoms. The highest BCUT2D eigenvalue weighted by atomic mass is 32.2. The summed E-state index contributed by atoms with van der Waals surface area (Å²) in [6.07, 6.45) is 3.01. The van der Waals surface area contributed by atoms with Gasteiger partial charge in [-0.05, 0) is 49.3 Å². The Kier molecular flexibility index (Phi) is 4.33. The first-order valence-electron chi connectivity index (χ1n) is 7.20. The van der Waals surface area contributed by atoms with Crippen molar-refractivity contribution < 1.29 is 13.5 Å². The molecule has 0 aromatic heterocycles. The van der Waals surface area contributed by atoms with Crippen molar-refractivity contribution in [2.45, 2.75) is 50.0 Å². The molecule has 0 bridgehead atoms. The molecule has 1 aromatic rings. The number of aliphatic hydroxyl groups is 1. The van der Waals surface area contributed by atoms with Crippen molar-refractivity contribution in [3.63, 3.8) is 0 Å². The summed E-state index contributed by atoms with van der Waals surface area (Å²) in [6, 6.07) is 6.14. The van der Waals surface area contributed by atoms with E-state index >= 15 is 0 Å². The highest BCUT2D eigenvalue weighted by Crippen LogP contribution is 2.39. The number of hydrogen-bond donors (Lipinski definition) is 3. The van der Waals surface area contributed by atoms with Gasteiger partial charge in [-0.3, -0.25) is 0 Å². The van der Waals surface area contributed by atoms with Crippen LogP contribution >= 0.6 is 0 Å². The Balaban J connectivity index is 2.02. The molecule has 1 aromatic carbocycles. The average molecular weight is 312 g/mol. The van der Waals surface area contributed by atoms with E-state index in [4.69, 9.17) is 5.73 Å². The van der Waals surface area contributed by atoms with Crippen molar-refractivity contribution in [1.82, 2.24) is 4.72 Å². The van der Waals surface area contributed by atoms with Gasteiger partial charge in [-0.15, -0.1) is 0 Å². The van der Waals surface area contributed by atoms with Crippen LogP contribution in [0.1, 0.15) is 39.5 Å². The highest BCUT2D eigenvalue weighted by Gasteiger charge is 2.37. The van der Waals surface area contributed by atoms with Crippen molar-refractivity contribution >= 4 is 15.7 Å². The molecule has 0 saturated heterocycles. The summed E-state index contributed by atoms with van der Waals surface area (Å²) in [5.74, 6) is 0. The van der Waals surface area contributed by atoms with Gasteiger partial charge in [0.1, 0.15) is 0 Å². The number of sulfonamides is 1. The molecular formula is C15H24N2O3S. The lowest BCUT2D eigenvalue weighted by molar-refractivity contribution is -0.0205. The average Bonchev–Trinajstić information content (AvgIpc) is 2.41. The molecule has 0 amide bonds. The van der Waals surface area contributed by atoms with Gasteiger partial charge in [0.25, 0.3) is 0 Å². The fourth-order valence-electron chi connectivity index (χ4n) is 2.56. The summed E-state index contributed by atoms with van der Waals surface area (Å²) in [5, 5.41) is 10.5. The van der Waals surface area contributed by atoms with Gasteiger partial charge in [-0.1, -0.05) is 19.9 Å². The molecule has 21 heavy (non-hydrogen) atoms. The van der Waals surface area contributed by atoms with Crippen LogP contribution in [0, 0.1) is 5.41 Å². The standard InChI is InChI=1S/C15H24N2O3S/c1-14(2)6-8-15(18,9-7-14)11-17-21(19,20)13-5-3-4-12(16)10-13/h3-5,10,17-18H,6-9,11,16H2,1-2H3. The van der Waals surface area contributed by atoms with E-state index in [1.807, 2.05) is 0 Å². The third kappa shape index (κ3) is 4.18. The van der Waals surface area contributed by atoms with Crippen molar-refractivity contribution in [3.8, 4) is 0 Å². The molecule has 0 heterocycles. The zero-order valence-electron chi connectivity index (χ0n) is 12.6. The molecular weight excluding hydrogens is 288 g/mol. The lowest BCUT2D eigenvalue weighted by Crippen LogP contribution is -2.46. The SMILES string of the molecule is CC1(C)CCC(O)(CNS(=O)(=O)c2cccc(N)c2)CC1. The Labute approximate surface area is 126 Å². The van der Waals surface area contributed by atoms with Crippen LogP contribution in [0.5, 0.6) is 0 Å². The molecule has 4 N–H and O–H groups in total. The van der Waals surface area contributed by atoms with Crippen LogP contribution < -0.4 is 10.5 Å². The largest absolute Gasteiger partial charge is 0.399 e. The van der Waals surface area contributed by atoms with Crippen LogP contribution in [0.4, 0.5) is 5.69 Å². The Morgan fingerprint density at radius 1 is 1.24 bits per heavy atom. The third-order valence-electron chi connectivity index (χ3n) is 4.29. The van der Waals surface area contributed by atoms with Crippen LogP contribution in [0.2, 0.25) is 0 Å². The van der Waals surface area contributed by atoms with Gasteiger partial charge >= 0.3 is 0 Å². The second kappa shape index (κ2) is 5.59. The van der Waals surface area contributed by atoms with Crippen LogP contribution in [0.3, 0.4) is 0 Å². The van der Waals surface area contributed by atoms with Crippen molar-refractivity contribution in [2.75, 3.05) is 12.3 Å². The van der Waals surface area contributed by atoms with Gasteiger partial charge < -0.3 is 10.8 Å². The number of nitrogen functional groups attached to an aromatic ring is 1. The van der Waals surface area contributed by atoms with Crippen molar-refractivity contribution in [1.29, 1.82) is 0 Å². The van der Waals surface area contributed by atoms with E-state index in [0.29, 0.717) is 18.5 Å². The number of anilines is 1. The minimum atomic E-state index is -3.64. The summed E-state index contributed by atoms with van der Waals surface area (Å²) in [5.41, 5.74) is 5.27. The van der Waals surface area contributed by atoms with Crippen LogP contribution in [-0.4, -0.2) is 25.7 Å². The van der Waals surface area contributed by atoms with E-state index in [0.717, 1.165) is 12.8 Å². The second-order valence-corrected chi connectivity index (χ2v) is 8.55. The lowest BCUT2D eigenvalue weighted by atomic mass is 9.71. The molecule has 2 rings (SSSR count). The van der Waals surface area contributed by atoms with Gasteiger partial charge in [-0.25, -0.2) is 13.1 Å². The summed E-state index contributed by atoms with van der Waals surface area (Å²) in [7, 11) is -3.64. The van der Waals surface area contributed by atoms with Crippen LogP contribution in [0.25, 0.3) is 0 Å². The van der Waals surface area contributed by atoms with E-state index in [9.17, 15) is 13.5 Å². The van der Waals surface area contributed by atoms with E-state index in [1.165, 1.54) is 12.1 Å². The maximum atomic E-state index is 12.2. The first-order valence-corrected chi connectivity index (χ1v) is 8.68. The quantitative estimate of drug-likeness (QED) is 0.740.